The molecule has 112 valence electrons. The molecule has 0 fully saturated rings. The molecule has 1 N–H and O–H groups in total. The van der Waals surface area contributed by atoms with Gasteiger partial charge in [-0.1, -0.05) is 38.1 Å². The van der Waals surface area contributed by atoms with Crippen molar-refractivity contribution in [3.05, 3.63) is 35.4 Å². The third kappa shape index (κ3) is 4.05. The number of carbonyl (C=O) groups is 1. The number of amides is 1. The Labute approximate surface area is 126 Å². The van der Waals surface area contributed by atoms with Crippen LogP contribution in [0.2, 0.25) is 0 Å². The predicted molar refractivity (Wildman–Crippen MR) is 82.4 cm³/mol. The molecule has 0 saturated carbocycles. The van der Waals surface area contributed by atoms with Gasteiger partial charge in [-0.15, -0.1) is 0 Å². The van der Waals surface area contributed by atoms with E-state index in [2.05, 4.69) is 37.4 Å². The molecule has 1 aliphatic rings. The van der Waals surface area contributed by atoms with Gasteiger partial charge in [-0.3, -0.25) is 4.79 Å². The van der Waals surface area contributed by atoms with Crippen molar-refractivity contribution in [3.63, 3.8) is 0 Å². The minimum atomic E-state index is -0.169. The van der Waals surface area contributed by atoms with Crippen molar-refractivity contribution < 1.29 is 4.79 Å². The molecule has 1 aliphatic heterocycles. The first kappa shape index (κ1) is 15.5. The molecule has 1 amide bonds. The van der Waals surface area contributed by atoms with Crippen molar-refractivity contribution in [2.24, 2.45) is 5.92 Å². The lowest BCUT2D eigenvalue weighted by molar-refractivity contribution is -0.134. The smallest absolute Gasteiger partial charge is 0.240 e. The van der Waals surface area contributed by atoms with Crippen LogP contribution in [0.1, 0.15) is 31.4 Å². The molecule has 2 rings (SSSR count). The van der Waals surface area contributed by atoms with Gasteiger partial charge in [0.15, 0.2) is 0 Å². The monoisotopic (exact) mass is 285 g/mol. The van der Waals surface area contributed by atoms with Crippen LogP contribution in [0.3, 0.4) is 0 Å². The van der Waals surface area contributed by atoms with Crippen LogP contribution in [0.25, 0.3) is 0 Å². The van der Waals surface area contributed by atoms with E-state index in [-0.39, 0.29) is 11.9 Å². The average Bonchev–Trinajstić information content (AvgIpc) is 2.50. The Bertz CT molecular complexity index is 533. The van der Waals surface area contributed by atoms with E-state index in [9.17, 15) is 4.79 Å². The first-order valence-electron chi connectivity index (χ1n) is 7.57. The maximum atomic E-state index is 12.7. The van der Waals surface area contributed by atoms with Gasteiger partial charge in [-0.05, 0) is 23.5 Å². The molecule has 4 heteroatoms. The Morgan fingerprint density at radius 2 is 2.14 bits per heavy atom. The maximum absolute atomic E-state index is 12.7. The van der Waals surface area contributed by atoms with Crippen molar-refractivity contribution in [2.45, 2.75) is 39.3 Å². The van der Waals surface area contributed by atoms with Crippen molar-refractivity contribution in [3.8, 4) is 6.07 Å². The van der Waals surface area contributed by atoms with Gasteiger partial charge in [0.1, 0.15) is 0 Å². The third-order valence-corrected chi connectivity index (χ3v) is 3.77. The van der Waals surface area contributed by atoms with Gasteiger partial charge in [0.05, 0.1) is 18.5 Å². The van der Waals surface area contributed by atoms with Gasteiger partial charge in [0, 0.05) is 19.6 Å². The summed E-state index contributed by atoms with van der Waals surface area (Å²) in [5.74, 6) is 0.525. The Morgan fingerprint density at radius 3 is 2.81 bits per heavy atom. The number of hydrogen-bond acceptors (Lipinski definition) is 3. The highest BCUT2D eigenvalue weighted by Gasteiger charge is 2.27. The van der Waals surface area contributed by atoms with Gasteiger partial charge >= 0.3 is 0 Å². The second-order valence-corrected chi connectivity index (χ2v) is 5.99. The molecule has 0 bridgehead atoms. The molecule has 0 aliphatic carbocycles. The molecule has 0 spiro atoms. The maximum Gasteiger partial charge on any atom is 0.240 e. The standard InChI is InChI=1S/C17H23N3O/c1-13(2)12-20(9-5-8-18)17(21)16-10-14-6-3-4-7-15(14)11-19-16/h3-4,6-7,13,16,19H,5,9-12H2,1-2H3/t16-/m1/s1. The Kier molecular flexibility index (Phi) is 5.35. The summed E-state index contributed by atoms with van der Waals surface area (Å²) < 4.78 is 0. The number of carbonyl (C=O) groups excluding carboxylic acids is 1. The highest BCUT2D eigenvalue weighted by atomic mass is 16.2. The molecule has 1 atom stereocenters. The molecule has 0 unspecified atom stereocenters. The summed E-state index contributed by atoms with van der Waals surface area (Å²) in [4.78, 5) is 14.5. The van der Waals surface area contributed by atoms with Crippen LogP contribution >= 0.6 is 0 Å². The van der Waals surface area contributed by atoms with Gasteiger partial charge in [-0.2, -0.15) is 5.26 Å². The topological polar surface area (TPSA) is 56.1 Å². The molecular weight excluding hydrogens is 262 g/mol. The highest BCUT2D eigenvalue weighted by Crippen LogP contribution is 2.18. The summed E-state index contributed by atoms with van der Waals surface area (Å²) in [6.45, 7) is 6.15. The molecule has 4 nitrogen and oxygen atoms in total. The van der Waals surface area contributed by atoms with Gasteiger partial charge < -0.3 is 10.2 Å². The molecule has 0 aromatic heterocycles. The second-order valence-electron chi connectivity index (χ2n) is 5.99. The van der Waals surface area contributed by atoms with Crippen LogP contribution in [0.4, 0.5) is 0 Å². The fraction of sp³-hybridized carbons (Fsp3) is 0.529. The first-order chi connectivity index (χ1) is 10.1. The van der Waals surface area contributed by atoms with Crippen LogP contribution in [0.15, 0.2) is 24.3 Å². The summed E-state index contributed by atoms with van der Waals surface area (Å²) in [6, 6.07) is 10.2. The van der Waals surface area contributed by atoms with E-state index in [1.807, 2.05) is 17.0 Å². The van der Waals surface area contributed by atoms with Gasteiger partial charge in [0.25, 0.3) is 0 Å². The zero-order chi connectivity index (χ0) is 15.2. The van der Waals surface area contributed by atoms with Crippen LogP contribution < -0.4 is 5.32 Å². The summed E-state index contributed by atoms with van der Waals surface area (Å²) in [7, 11) is 0. The lowest BCUT2D eigenvalue weighted by atomic mass is 9.95. The molecule has 1 aromatic carbocycles. The molecule has 0 saturated heterocycles. The van der Waals surface area contributed by atoms with Gasteiger partial charge in [-0.25, -0.2) is 0 Å². The predicted octanol–water partition coefficient (Wildman–Crippen LogP) is 2.10. The highest BCUT2D eigenvalue weighted by molar-refractivity contribution is 5.82. The number of rotatable bonds is 5. The second kappa shape index (κ2) is 7.24. The van der Waals surface area contributed by atoms with Crippen LogP contribution in [0, 0.1) is 17.2 Å². The fourth-order valence-corrected chi connectivity index (χ4v) is 2.77. The van der Waals surface area contributed by atoms with Crippen molar-refractivity contribution in [2.75, 3.05) is 13.1 Å². The van der Waals surface area contributed by atoms with E-state index in [0.717, 1.165) is 13.0 Å². The number of nitrogens with zero attached hydrogens (tertiary/aromatic N) is 2. The molecule has 21 heavy (non-hydrogen) atoms. The summed E-state index contributed by atoms with van der Waals surface area (Å²) >= 11 is 0. The number of nitriles is 1. The molecular formula is C17H23N3O. The molecule has 1 heterocycles. The summed E-state index contributed by atoms with van der Waals surface area (Å²) in [6.07, 6.45) is 1.12. The fourth-order valence-electron chi connectivity index (χ4n) is 2.77. The Balaban J connectivity index is 2.06. The quantitative estimate of drug-likeness (QED) is 0.901. The minimum absolute atomic E-state index is 0.119. The summed E-state index contributed by atoms with van der Waals surface area (Å²) in [5, 5.41) is 12.1. The molecule has 0 radical (unpaired) electrons. The zero-order valence-corrected chi connectivity index (χ0v) is 12.8. The van der Waals surface area contributed by atoms with E-state index in [1.165, 1.54) is 11.1 Å². The number of hydrogen-bond donors (Lipinski definition) is 1. The van der Waals surface area contributed by atoms with Crippen molar-refractivity contribution in [1.29, 1.82) is 5.26 Å². The lowest BCUT2D eigenvalue weighted by Crippen LogP contribution is -2.50. The summed E-state index contributed by atoms with van der Waals surface area (Å²) in [5.41, 5.74) is 2.52. The Morgan fingerprint density at radius 1 is 1.43 bits per heavy atom. The third-order valence-electron chi connectivity index (χ3n) is 3.77. The van der Waals surface area contributed by atoms with Crippen LogP contribution in [0.5, 0.6) is 0 Å². The molecule has 1 aromatic rings. The van der Waals surface area contributed by atoms with E-state index >= 15 is 0 Å². The minimum Gasteiger partial charge on any atom is -0.340 e. The van der Waals surface area contributed by atoms with Crippen LogP contribution in [-0.2, 0) is 17.8 Å². The van der Waals surface area contributed by atoms with Gasteiger partial charge in [0.2, 0.25) is 5.91 Å². The van der Waals surface area contributed by atoms with E-state index in [1.54, 1.807) is 0 Å². The zero-order valence-electron chi connectivity index (χ0n) is 12.8. The SMILES string of the molecule is CC(C)CN(CCC#N)C(=O)[C@H]1Cc2ccccc2CN1. The lowest BCUT2D eigenvalue weighted by Gasteiger charge is -2.31. The van der Waals surface area contributed by atoms with E-state index in [0.29, 0.717) is 25.4 Å². The number of nitrogens with one attached hydrogen (secondary N) is 1. The van der Waals surface area contributed by atoms with Crippen LogP contribution in [-0.4, -0.2) is 29.9 Å². The van der Waals surface area contributed by atoms with Crippen molar-refractivity contribution in [1.82, 2.24) is 10.2 Å². The average molecular weight is 285 g/mol. The van der Waals surface area contributed by atoms with Crippen molar-refractivity contribution >= 4 is 5.91 Å². The normalized spacial score (nSPS) is 17.1. The van der Waals surface area contributed by atoms with E-state index < -0.39 is 0 Å². The Hall–Kier alpha value is -1.86. The largest absolute Gasteiger partial charge is 0.340 e. The first-order valence-corrected chi connectivity index (χ1v) is 7.57. The number of benzene rings is 1. The number of fused-ring (bicyclic) bond motifs is 1. The van der Waals surface area contributed by atoms with E-state index in [4.69, 9.17) is 5.26 Å².